The Morgan fingerprint density at radius 2 is 1.58 bits per heavy atom. The summed E-state index contributed by atoms with van der Waals surface area (Å²) in [5.41, 5.74) is -0.465. The highest BCUT2D eigenvalue weighted by atomic mass is 32.2. The molecule has 0 spiro atoms. The summed E-state index contributed by atoms with van der Waals surface area (Å²) >= 11 is 1.22. The van der Waals surface area contributed by atoms with E-state index in [1.165, 1.54) is 26.5 Å². The molecule has 10 heteroatoms. The van der Waals surface area contributed by atoms with Crippen molar-refractivity contribution in [3.63, 3.8) is 0 Å². The number of piperidine rings is 2. The van der Waals surface area contributed by atoms with Crippen LogP contribution in [0, 0.1) is 30.6 Å². The summed E-state index contributed by atoms with van der Waals surface area (Å²) in [6, 6.07) is 0. The highest BCUT2D eigenvalue weighted by molar-refractivity contribution is 7.89. The van der Waals surface area contributed by atoms with Gasteiger partial charge in [-0.05, 0) is 43.4 Å². The van der Waals surface area contributed by atoms with Gasteiger partial charge in [0.1, 0.15) is 16.3 Å². The van der Waals surface area contributed by atoms with E-state index in [0.717, 1.165) is 12.8 Å². The standard InChI is InChI=1S/C23H34N4O4S2/c1-14-6-15(2)9-25(8-14)19(28)12-26-13-24-22-20(23(26)29)21(18(5)32-22)33(30,31)27-10-16(3)7-17(4)11-27/h13-17H,6-12H2,1-5H3. The van der Waals surface area contributed by atoms with Crippen molar-refractivity contribution in [3.05, 3.63) is 21.6 Å². The average Bonchev–Trinajstić information content (AvgIpc) is 3.06. The molecule has 2 aliphatic heterocycles. The smallest absolute Gasteiger partial charge is 0.263 e. The maximum absolute atomic E-state index is 13.7. The largest absolute Gasteiger partial charge is 0.341 e. The van der Waals surface area contributed by atoms with Crippen LogP contribution in [0.15, 0.2) is 16.0 Å². The van der Waals surface area contributed by atoms with Crippen molar-refractivity contribution >= 4 is 37.5 Å². The van der Waals surface area contributed by atoms with Gasteiger partial charge in [-0.15, -0.1) is 11.3 Å². The van der Waals surface area contributed by atoms with E-state index in [2.05, 4.69) is 32.7 Å². The summed E-state index contributed by atoms with van der Waals surface area (Å²) in [6.07, 6.45) is 3.44. The van der Waals surface area contributed by atoms with Crippen LogP contribution in [0.5, 0.6) is 0 Å². The molecule has 0 radical (unpaired) electrons. The molecular formula is C23H34N4O4S2. The Hall–Kier alpha value is -1.78. The van der Waals surface area contributed by atoms with Crippen molar-refractivity contribution in [3.8, 4) is 0 Å². The maximum Gasteiger partial charge on any atom is 0.263 e. The lowest BCUT2D eigenvalue weighted by molar-refractivity contribution is -0.134. The molecule has 0 aliphatic carbocycles. The van der Waals surface area contributed by atoms with Gasteiger partial charge in [0.15, 0.2) is 0 Å². The molecular weight excluding hydrogens is 460 g/mol. The van der Waals surface area contributed by atoms with Gasteiger partial charge >= 0.3 is 0 Å². The van der Waals surface area contributed by atoms with Gasteiger partial charge in [-0.2, -0.15) is 4.31 Å². The van der Waals surface area contributed by atoms with Crippen LogP contribution in [0.4, 0.5) is 0 Å². The molecule has 4 unspecified atom stereocenters. The molecule has 8 nitrogen and oxygen atoms in total. The van der Waals surface area contributed by atoms with Crippen molar-refractivity contribution < 1.29 is 13.2 Å². The quantitative estimate of drug-likeness (QED) is 0.652. The van der Waals surface area contributed by atoms with Gasteiger partial charge in [-0.3, -0.25) is 14.2 Å². The monoisotopic (exact) mass is 494 g/mol. The van der Waals surface area contributed by atoms with E-state index in [-0.39, 0.29) is 34.6 Å². The van der Waals surface area contributed by atoms with Gasteiger partial charge in [-0.1, -0.05) is 27.7 Å². The number of rotatable bonds is 4. The van der Waals surface area contributed by atoms with Gasteiger partial charge in [0.05, 0.1) is 11.7 Å². The first-order valence-corrected chi connectivity index (χ1v) is 14.0. The molecule has 0 bridgehead atoms. The zero-order chi connectivity index (χ0) is 24.1. The maximum atomic E-state index is 13.7. The Kier molecular flexibility index (Phi) is 6.72. The highest BCUT2D eigenvalue weighted by Crippen LogP contribution is 2.35. The third kappa shape index (κ3) is 4.74. The number of likely N-dealkylation sites (tertiary alicyclic amines) is 1. The zero-order valence-corrected chi connectivity index (χ0v) is 21.7. The number of carbonyl (C=O) groups excluding carboxylic acids is 1. The number of amides is 1. The molecule has 0 N–H and O–H groups in total. The summed E-state index contributed by atoms with van der Waals surface area (Å²) in [5, 5.41) is 0.110. The van der Waals surface area contributed by atoms with E-state index in [0.29, 0.717) is 47.7 Å². The number of aryl methyl sites for hydroxylation is 1. The predicted molar refractivity (Wildman–Crippen MR) is 130 cm³/mol. The van der Waals surface area contributed by atoms with E-state index in [9.17, 15) is 18.0 Å². The van der Waals surface area contributed by atoms with Crippen molar-refractivity contribution in [1.82, 2.24) is 18.8 Å². The topological polar surface area (TPSA) is 92.6 Å². The molecule has 4 atom stereocenters. The van der Waals surface area contributed by atoms with Crippen LogP contribution in [0.25, 0.3) is 10.2 Å². The normalized spacial score (nSPS) is 27.2. The van der Waals surface area contributed by atoms with Gasteiger partial charge in [-0.25, -0.2) is 13.4 Å². The number of hydrogen-bond acceptors (Lipinski definition) is 6. The third-order valence-electron chi connectivity index (χ3n) is 6.76. The van der Waals surface area contributed by atoms with Crippen LogP contribution in [-0.2, 0) is 21.4 Å². The molecule has 2 aromatic heterocycles. The van der Waals surface area contributed by atoms with Crippen LogP contribution in [-0.4, -0.2) is 59.3 Å². The molecule has 33 heavy (non-hydrogen) atoms. The van der Waals surface area contributed by atoms with Crippen LogP contribution in [0.1, 0.15) is 45.4 Å². The highest BCUT2D eigenvalue weighted by Gasteiger charge is 2.36. The molecule has 2 saturated heterocycles. The summed E-state index contributed by atoms with van der Waals surface area (Å²) in [5.74, 6) is 1.22. The minimum Gasteiger partial charge on any atom is -0.341 e. The minimum atomic E-state index is -3.85. The van der Waals surface area contributed by atoms with Crippen LogP contribution in [0.2, 0.25) is 0 Å². The van der Waals surface area contributed by atoms with E-state index in [1.807, 2.05) is 4.90 Å². The van der Waals surface area contributed by atoms with E-state index in [4.69, 9.17) is 0 Å². The third-order valence-corrected chi connectivity index (χ3v) is 9.91. The van der Waals surface area contributed by atoms with Gasteiger partial charge in [0, 0.05) is 31.1 Å². The molecule has 4 heterocycles. The number of carbonyl (C=O) groups is 1. The second kappa shape index (κ2) is 9.11. The number of hydrogen-bond donors (Lipinski definition) is 0. The number of nitrogens with zero attached hydrogens (tertiary/aromatic N) is 4. The van der Waals surface area contributed by atoms with Crippen LogP contribution >= 0.6 is 11.3 Å². The lowest BCUT2D eigenvalue weighted by atomic mass is 9.92. The van der Waals surface area contributed by atoms with Gasteiger partial charge < -0.3 is 4.90 Å². The van der Waals surface area contributed by atoms with Crippen LogP contribution in [0.3, 0.4) is 0 Å². The lowest BCUT2D eigenvalue weighted by Gasteiger charge is -2.35. The van der Waals surface area contributed by atoms with Gasteiger partial charge in [0.2, 0.25) is 15.9 Å². The summed E-state index contributed by atoms with van der Waals surface area (Å²) in [7, 11) is -3.85. The minimum absolute atomic E-state index is 0.0586. The first-order valence-electron chi connectivity index (χ1n) is 11.7. The Morgan fingerprint density at radius 1 is 1.03 bits per heavy atom. The number of fused-ring (bicyclic) bond motifs is 1. The fourth-order valence-corrected chi connectivity index (χ4v) is 8.93. The second-order valence-corrected chi connectivity index (χ2v) is 13.4. The van der Waals surface area contributed by atoms with Gasteiger partial charge in [0.25, 0.3) is 5.56 Å². The number of aromatic nitrogens is 2. The van der Waals surface area contributed by atoms with Crippen molar-refractivity contribution in [2.75, 3.05) is 26.2 Å². The molecule has 2 aliphatic rings. The van der Waals surface area contributed by atoms with Crippen LogP contribution < -0.4 is 5.56 Å². The predicted octanol–water partition coefficient (Wildman–Crippen LogP) is 2.94. The van der Waals surface area contributed by atoms with E-state index >= 15 is 0 Å². The molecule has 0 saturated carbocycles. The Morgan fingerprint density at radius 3 is 2.15 bits per heavy atom. The van der Waals surface area contributed by atoms with Crippen molar-refractivity contribution in [2.45, 2.75) is 58.9 Å². The Labute approximate surface area is 199 Å². The molecule has 0 aromatic carbocycles. The first-order chi connectivity index (χ1) is 15.5. The molecule has 2 fully saturated rings. The molecule has 1 amide bonds. The van der Waals surface area contributed by atoms with E-state index < -0.39 is 15.6 Å². The second-order valence-electron chi connectivity index (χ2n) is 10.4. The SMILES string of the molecule is Cc1sc2ncn(CC(=O)N3CC(C)CC(C)C3)c(=O)c2c1S(=O)(=O)N1CC(C)CC(C)C1. The first kappa shape index (κ1) is 24.3. The fraction of sp³-hybridized carbons (Fsp3) is 0.696. The zero-order valence-electron chi connectivity index (χ0n) is 20.1. The molecule has 182 valence electrons. The average molecular weight is 495 g/mol. The Balaban J connectivity index is 1.70. The number of sulfonamides is 1. The molecule has 2 aromatic rings. The lowest BCUT2D eigenvalue weighted by Crippen LogP contribution is -2.45. The van der Waals surface area contributed by atoms with E-state index in [1.54, 1.807) is 6.92 Å². The summed E-state index contributed by atoms with van der Waals surface area (Å²) < 4.78 is 30.1. The molecule has 4 rings (SSSR count). The summed E-state index contributed by atoms with van der Waals surface area (Å²) in [4.78, 5) is 33.6. The number of thiophene rings is 1. The van der Waals surface area contributed by atoms with Crippen molar-refractivity contribution in [1.29, 1.82) is 0 Å². The Bertz CT molecular complexity index is 1200. The fourth-order valence-electron chi connectivity index (χ4n) is 5.58. The van der Waals surface area contributed by atoms with Crippen molar-refractivity contribution in [2.24, 2.45) is 23.7 Å². The summed E-state index contributed by atoms with van der Waals surface area (Å²) in [6.45, 7) is 12.2.